The summed E-state index contributed by atoms with van der Waals surface area (Å²) in [4.78, 5) is 15.7. The summed E-state index contributed by atoms with van der Waals surface area (Å²) in [5, 5.41) is 13.5. The van der Waals surface area contributed by atoms with Crippen LogP contribution < -0.4 is 21.1 Å². The predicted octanol–water partition coefficient (Wildman–Crippen LogP) is 2.27. The molecule has 2 atom stereocenters. The molecule has 7 heteroatoms. The number of carbonyl (C=O) groups excluding carboxylic acids is 1. The Morgan fingerprint density at radius 1 is 1.31 bits per heavy atom. The van der Waals surface area contributed by atoms with Crippen LogP contribution in [0.4, 0.5) is 11.4 Å². The number of amidine groups is 1. The maximum Gasteiger partial charge on any atom is 0.241 e. The van der Waals surface area contributed by atoms with Gasteiger partial charge in [-0.1, -0.05) is 24.3 Å². The molecule has 1 saturated heterocycles. The molecule has 0 saturated carbocycles. The van der Waals surface area contributed by atoms with Crippen molar-refractivity contribution in [3.63, 3.8) is 0 Å². The molecule has 1 aliphatic rings. The van der Waals surface area contributed by atoms with Crippen molar-refractivity contribution < 1.29 is 9.53 Å². The Morgan fingerprint density at radius 3 is 2.77 bits per heavy atom. The van der Waals surface area contributed by atoms with Crippen molar-refractivity contribution >= 4 is 23.1 Å². The second-order valence-electron chi connectivity index (χ2n) is 6.03. The molecule has 3 rings (SSSR count). The Kier molecular flexibility index (Phi) is 5.15. The van der Waals surface area contributed by atoms with Crippen molar-refractivity contribution in [3.8, 4) is 5.75 Å². The molecule has 5 N–H and O–H groups in total. The van der Waals surface area contributed by atoms with Gasteiger partial charge in [0.2, 0.25) is 5.91 Å². The lowest BCUT2D eigenvalue weighted by atomic mass is 10.1. The quantitative estimate of drug-likeness (QED) is 0.377. The van der Waals surface area contributed by atoms with Crippen LogP contribution in [-0.2, 0) is 4.79 Å². The minimum Gasteiger partial charge on any atom is -0.489 e. The van der Waals surface area contributed by atoms with Crippen LogP contribution in [0.15, 0.2) is 48.5 Å². The first kappa shape index (κ1) is 17.5. The fourth-order valence-electron chi connectivity index (χ4n) is 2.77. The SMILES string of the molecule is [C-]#[N+]c1ccc(NC(=O)[C@@H]2CC(Oc3cccc(C(=N)N)c3)CN2)cc1. The third-order valence-corrected chi connectivity index (χ3v) is 4.12. The smallest absolute Gasteiger partial charge is 0.241 e. The Morgan fingerprint density at radius 2 is 2.08 bits per heavy atom. The van der Waals surface area contributed by atoms with E-state index < -0.39 is 0 Å². The number of nitrogen functional groups attached to an aromatic ring is 1. The first-order valence-corrected chi connectivity index (χ1v) is 8.18. The summed E-state index contributed by atoms with van der Waals surface area (Å²) in [7, 11) is 0. The molecule has 1 amide bonds. The molecule has 0 spiro atoms. The molecular weight excluding hydrogens is 330 g/mol. The van der Waals surface area contributed by atoms with Gasteiger partial charge in [0.25, 0.3) is 0 Å². The minimum atomic E-state index is -0.350. The van der Waals surface area contributed by atoms with E-state index in [9.17, 15) is 4.79 Å². The maximum atomic E-state index is 12.4. The lowest BCUT2D eigenvalue weighted by Crippen LogP contribution is -2.35. The molecule has 1 heterocycles. The molecule has 2 aromatic rings. The molecule has 0 aliphatic carbocycles. The highest BCUT2D eigenvalue weighted by Gasteiger charge is 2.30. The van der Waals surface area contributed by atoms with Crippen LogP contribution in [0.1, 0.15) is 12.0 Å². The molecule has 132 valence electrons. The summed E-state index contributed by atoms with van der Waals surface area (Å²) in [5.74, 6) is 0.478. The van der Waals surface area contributed by atoms with E-state index in [0.717, 1.165) is 0 Å². The normalized spacial score (nSPS) is 18.7. The number of carbonyl (C=O) groups is 1. The molecule has 0 bridgehead atoms. The summed E-state index contributed by atoms with van der Waals surface area (Å²) < 4.78 is 5.90. The topological polar surface area (TPSA) is 105 Å². The molecule has 7 nitrogen and oxygen atoms in total. The summed E-state index contributed by atoms with van der Waals surface area (Å²) >= 11 is 0. The van der Waals surface area contributed by atoms with Gasteiger partial charge in [-0.15, -0.1) is 0 Å². The summed E-state index contributed by atoms with van der Waals surface area (Å²) in [6, 6.07) is 13.5. The van der Waals surface area contributed by atoms with E-state index in [2.05, 4.69) is 15.5 Å². The Balaban J connectivity index is 1.56. The summed E-state index contributed by atoms with van der Waals surface area (Å²) in [6.07, 6.45) is 0.397. The zero-order valence-corrected chi connectivity index (χ0v) is 14.0. The second kappa shape index (κ2) is 7.68. The highest BCUT2D eigenvalue weighted by Crippen LogP contribution is 2.20. The summed E-state index contributed by atoms with van der Waals surface area (Å²) in [6.45, 7) is 7.49. The van der Waals surface area contributed by atoms with Crippen LogP contribution in [0.5, 0.6) is 5.75 Å². The van der Waals surface area contributed by atoms with Gasteiger partial charge < -0.3 is 21.1 Å². The molecule has 1 aliphatic heterocycles. The second-order valence-corrected chi connectivity index (χ2v) is 6.03. The number of hydrogen-bond donors (Lipinski definition) is 4. The third kappa shape index (κ3) is 4.18. The molecule has 26 heavy (non-hydrogen) atoms. The van der Waals surface area contributed by atoms with Gasteiger partial charge in [-0.3, -0.25) is 10.2 Å². The van der Waals surface area contributed by atoms with E-state index >= 15 is 0 Å². The maximum absolute atomic E-state index is 12.4. The Labute approximate surface area is 151 Å². The average molecular weight is 349 g/mol. The fraction of sp³-hybridized carbons (Fsp3) is 0.211. The van der Waals surface area contributed by atoms with E-state index in [1.165, 1.54) is 0 Å². The average Bonchev–Trinajstić information content (AvgIpc) is 3.11. The number of anilines is 1. The standard InChI is InChI=1S/C19H19N5O2/c1-22-13-5-7-14(8-6-13)24-19(25)17-10-16(11-23-17)26-15-4-2-3-12(9-15)18(20)21/h2-9,16-17,23H,10-11H2,(H3,20,21)(H,24,25)/t16?,17-/m0/s1. The van der Waals surface area contributed by atoms with E-state index in [-0.39, 0.29) is 23.9 Å². The van der Waals surface area contributed by atoms with Crippen LogP contribution in [0.3, 0.4) is 0 Å². The molecule has 1 fully saturated rings. The highest BCUT2D eigenvalue weighted by atomic mass is 16.5. The zero-order chi connectivity index (χ0) is 18.5. The lowest BCUT2D eigenvalue weighted by Gasteiger charge is -2.14. The summed E-state index contributed by atoms with van der Waals surface area (Å²) in [5.41, 5.74) is 7.28. The van der Waals surface area contributed by atoms with Gasteiger partial charge in [0.15, 0.2) is 5.69 Å². The van der Waals surface area contributed by atoms with E-state index in [1.807, 2.05) is 0 Å². The highest BCUT2D eigenvalue weighted by molar-refractivity contribution is 5.95. The van der Waals surface area contributed by atoms with Crippen molar-refractivity contribution in [2.75, 3.05) is 11.9 Å². The number of amides is 1. The third-order valence-electron chi connectivity index (χ3n) is 4.12. The van der Waals surface area contributed by atoms with Gasteiger partial charge >= 0.3 is 0 Å². The number of ether oxygens (including phenoxy) is 1. The van der Waals surface area contributed by atoms with Gasteiger partial charge in [-0.25, -0.2) is 4.85 Å². The van der Waals surface area contributed by atoms with E-state index in [1.54, 1.807) is 48.5 Å². The molecule has 1 unspecified atom stereocenters. The van der Waals surface area contributed by atoms with Gasteiger partial charge in [0.1, 0.15) is 17.7 Å². The van der Waals surface area contributed by atoms with Crippen LogP contribution in [-0.4, -0.2) is 30.4 Å². The lowest BCUT2D eigenvalue weighted by molar-refractivity contribution is -0.117. The van der Waals surface area contributed by atoms with E-state index in [0.29, 0.717) is 35.7 Å². The monoisotopic (exact) mass is 349 g/mol. The van der Waals surface area contributed by atoms with Gasteiger partial charge in [0.05, 0.1) is 12.6 Å². The van der Waals surface area contributed by atoms with Crippen LogP contribution in [0, 0.1) is 12.0 Å². The van der Waals surface area contributed by atoms with Gasteiger partial charge in [0, 0.05) is 24.2 Å². The van der Waals surface area contributed by atoms with Gasteiger partial charge in [-0.2, -0.15) is 0 Å². The van der Waals surface area contributed by atoms with Crippen molar-refractivity contribution in [1.29, 1.82) is 5.41 Å². The first-order chi connectivity index (χ1) is 12.5. The fourth-order valence-corrected chi connectivity index (χ4v) is 2.77. The molecule has 0 aromatic heterocycles. The largest absolute Gasteiger partial charge is 0.489 e. The van der Waals surface area contributed by atoms with Crippen LogP contribution >= 0.6 is 0 Å². The van der Waals surface area contributed by atoms with Crippen molar-refractivity contribution in [1.82, 2.24) is 5.32 Å². The Hall–Kier alpha value is -3.37. The zero-order valence-electron chi connectivity index (χ0n) is 14.0. The molecule has 2 aromatic carbocycles. The number of benzene rings is 2. The molecular formula is C19H19N5O2. The number of hydrogen-bond acceptors (Lipinski definition) is 4. The number of rotatable bonds is 5. The van der Waals surface area contributed by atoms with Crippen molar-refractivity contribution in [2.24, 2.45) is 5.73 Å². The van der Waals surface area contributed by atoms with Gasteiger partial charge in [-0.05, 0) is 24.3 Å². The van der Waals surface area contributed by atoms with E-state index in [4.69, 9.17) is 22.5 Å². The number of nitrogens with one attached hydrogen (secondary N) is 3. The van der Waals surface area contributed by atoms with Crippen LogP contribution in [0.25, 0.3) is 4.85 Å². The molecule has 0 radical (unpaired) electrons. The number of nitrogens with two attached hydrogens (primary N) is 1. The number of nitrogens with zero attached hydrogens (tertiary/aromatic N) is 1. The van der Waals surface area contributed by atoms with Crippen molar-refractivity contribution in [3.05, 3.63) is 65.5 Å². The first-order valence-electron chi connectivity index (χ1n) is 8.18. The Bertz CT molecular complexity index is 857. The minimum absolute atomic E-state index is 0.0125. The van der Waals surface area contributed by atoms with Crippen LogP contribution in [0.2, 0.25) is 0 Å². The van der Waals surface area contributed by atoms with Crippen molar-refractivity contribution in [2.45, 2.75) is 18.6 Å². The predicted molar refractivity (Wildman–Crippen MR) is 99.6 cm³/mol.